The molecule has 1 aliphatic rings. The highest BCUT2D eigenvalue weighted by Gasteiger charge is 2.42. The van der Waals surface area contributed by atoms with E-state index < -0.39 is 0 Å². The first kappa shape index (κ1) is 11.3. The van der Waals surface area contributed by atoms with E-state index in [-0.39, 0.29) is 0 Å². The second-order valence-electron chi connectivity index (χ2n) is 4.82. The van der Waals surface area contributed by atoms with Gasteiger partial charge in [-0.25, -0.2) is 0 Å². The largest absolute Gasteiger partial charge is 0.381 e. The zero-order valence-corrected chi connectivity index (χ0v) is 10.3. The molecule has 0 amide bonds. The molecule has 1 atom stereocenters. The van der Waals surface area contributed by atoms with Crippen LogP contribution in [-0.4, -0.2) is 6.04 Å². The van der Waals surface area contributed by atoms with Crippen LogP contribution in [-0.2, 0) is 0 Å². The molecule has 84 valence electrons. The van der Waals surface area contributed by atoms with Crippen LogP contribution in [0.25, 0.3) is 0 Å². The van der Waals surface area contributed by atoms with Crippen LogP contribution < -0.4 is 5.32 Å². The molecule has 0 radical (unpaired) electrons. The SMILES string of the molecule is CC(Nc1cc(Cl)ccc1C#N)C1(C)CC1. The number of benzene rings is 1. The van der Waals surface area contributed by atoms with Gasteiger partial charge >= 0.3 is 0 Å². The Kier molecular flexibility index (Phi) is 2.82. The third-order valence-corrected chi connectivity index (χ3v) is 3.79. The van der Waals surface area contributed by atoms with Crippen LogP contribution in [0.2, 0.25) is 5.02 Å². The summed E-state index contributed by atoms with van der Waals surface area (Å²) in [6.45, 7) is 4.43. The van der Waals surface area contributed by atoms with Crippen LogP contribution in [0.1, 0.15) is 32.3 Å². The van der Waals surface area contributed by atoms with Crippen molar-refractivity contribution in [1.82, 2.24) is 0 Å². The number of nitriles is 1. The predicted molar refractivity (Wildman–Crippen MR) is 66.6 cm³/mol. The van der Waals surface area contributed by atoms with Crippen molar-refractivity contribution in [2.75, 3.05) is 5.32 Å². The van der Waals surface area contributed by atoms with Gasteiger partial charge in [0.25, 0.3) is 0 Å². The highest BCUT2D eigenvalue weighted by Crippen LogP contribution is 2.49. The zero-order valence-electron chi connectivity index (χ0n) is 9.55. The van der Waals surface area contributed by atoms with Crippen molar-refractivity contribution in [3.05, 3.63) is 28.8 Å². The lowest BCUT2D eigenvalue weighted by molar-refractivity contribution is 0.493. The van der Waals surface area contributed by atoms with Gasteiger partial charge in [-0.05, 0) is 43.4 Å². The van der Waals surface area contributed by atoms with E-state index >= 15 is 0 Å². The van der Waals surface area contributed by atoms with Crippen LogP contribution in [0.3, 0.4) is 0 Å². The fraction of sp³-hybridized carbons (Fsp3) is 0.462. The summed E-state index contributed by atoms with van der Waals surface area (Å²) in [5.74, 6) is 0. The molecule has 1 saturated carbocycles. The van der Waals surface area contributed by atoms with E-state index in [0.29, 0.717) is 22.0 Å². The Morgan fingerprint density at radius 3 is 2.75 bits per heavy atom. The topological polar surface area (TPSA) is 35.8 Å². The predicted octanol–water partition coefficient (Wildman–Crippen LogP) is 3.81. The van der Waals surface area contributed by atoms with Crippen LogP contribution in [0.5, 0.6) is 0 Å². The molecular weight excluding hydrogens is 220 g/mol. The van der Waals surface area contributed by atoms with Crippen LogP contribution in [0.4, 0.5) is 5.69 Å². The fourth-order valence-corrected chi connectivity index (χ4v) is 1.94. The molecule has 0 saturated heterocycles. The molecule has 1 aromatic carbocycles. The minimum absolute atomic E-state index is 0.373. The molecule has 1 aliphatic carbocycles. The summed E-state index contributed by atoms with van der Waals surface area (Å²) >= 11 is 5.94. The monoisotopic (exact) mass is 234 g/mol. The molecule has 0 bridgehead atoms. The lowest BCUT2D eigenvalue weighted by Crippen LogP contribution is -2.25. The van der Waals surface area contributed by atoms with Gasteiger partial charge in [0.1, 0.15) is 6.07 Å². The van der Waals surface area contributed by atoms with E-state index in [1.54, 1.807) is 12.1 Å². The number of hydrogen-bond acceptors (Lipinski definition) is 2. The first-order valence-corrected chi connectivity index (χ1v) is 5.89. The maximum Gasteiger partial charge on any atom is 0.101 e. The summed E-state index contributed by atoms with van der Waals surface area (Å²) in [7, 11) is 0. The Morgan fingerprint density at radius 1 is 1.50 bits per heavy atom. The average molecular weight is 235 g/mol. The fourth-order valence-electron chi connectivity index (χ4n) is 1.77. The van der Waals surface area contributed by atoms with Crippen molar-refractivity contribution < 1.29 is 0 Å². The van der Waals surface area contributed by atoms with Crippen molar-refractivity contribution in [2.24, 2.45) is 5.41 Å². The van der Waals surface area contributed by atoms with Gasteiger partial charge in [-0.3, -0.25) is 0 Å². The van der Waals surface area contributed by atoms with E-state index in [0.717, 1.165) is 5.69 Å². The number of halogens is 1. The van der Waals surface area contributed by atoms with E-state index in [4.69, 9.17) is 16.9 Å². The van der Waals surface area contributed by atoms with Crippen molar-refractivity contribution in [1.29, 1.82) is 5.26 Å². The third kappa shape index (κ3) is 2.15. The van der Waals surface area contributed by atoms with Gasteiger partial charge in [-0.2, -0.15) is 5.26 Å². The lowest BCUT2D eigenvalue weighted by atomic mass is 10.00. The average Bonchev–Trinajstić information content (AvgIpc) is 2.98. The Morgan fingerprint density at radius 2 is 2.19 bits per heavy atom. The van der Waals surface area contributed by atoms with E-state index in [1.807, 2.05) is 6.07 Å². The number of hydrogen-bond donors (Lipinski definition) is 1. The quantitative estimate of drug-likeness (QED) is 0.863. The number of nitrogens with zero attached hydrogens (tertiary/aromatic N) is 1. The van der Waals surface area contributed by atoms with E-state index in [9.17, 15) is 0 Å². The molecule has 0 aliphatic heterocycles. The number of anilines is 1. The Bertz CT molecular complexity index is 444. The van der Waals surface area contributed by atoms with Crippen molar-refractivity contribution >= 4 is 17.3 Å². The number of rotatable bonds is 3. The smallest absolute Gasteiger partial charge is 0.101 e. The first-order valence-electron chi connectivity index (χ1n) is 5.51. The summed E-state index contributed by atoms with van der Waals surface area (Å²) in [5.41, 5.74) is 1.88. The molecule has 1 N–H and O–H groups in total. The summed E-state index contributed by atoms with van der Waals surface area (Å²) < 4.78 is 0. The molecule has 16 heavy (non-hydrogen) atoms. The molecular formula is C13H15ClN2. The van der Waals surface area contributed by atoms with Crippen molar-refractivity contribution in [2.45, 2.75) is 32.7 Å². The first-order chi connectivity index (χ1) is 7.55. The summed E-state index contributed by atoms with van der Waals surface area (Å²) in [6, 6.07) is 7.88. The zero-order chi connectivity index (χ0) is 11.8. The van der Waals surface area contributed by atoms with Crippen molar-refractivity contribution in [3.8, 4) is 6.07 Å². The van der Waals surface area contributed by atoms with Gasteiger partial charge in [0.15, 0.2) is 0 Å². The van der Waals surface area contributed by atoms with Gasteiger partial charge in [0.05, 0.1) is 11.3 Å². The van der Waals surface area contributed by atoms with Gasteiger partial charge in [-0.15, -0.1) is 0 Å². The van der Waals surface area contributed by atoms with Gasteiger partial charge in [0.2, 0.25) is 0 Å². The summed E-state index contributed by atoms with van der Waals surface area (Å²) in [6.07, 6.45) is 2.51. The van der Waals surface area contributed by atoms with E-state index in [1.165, 1.54) is 12.8 Å². The molecule has 0 heterocycles. The molecule has 1 aromatic rings. The minimum atomic E-state index is 0.373. The van der Waals surface area contributed by atoms with Crippen LogP contribution in [0, 0.1) is 16.7 Å². The normalized spacial score (nSPS) is 18.6. The second-order valence-corrected chi connectivity index (χ2v) is 5.26. The standard InChI is InChI=1S/C13H15ClN2/c1-9(13(2)5-6-13)16-12-7-11(14)4-3-10(12)8-15/h3-4,7,9,16H,5-6H2,1-2H3. The highest BCUT2D eigenvalue weighted by molar-refractivity contribution is 6.30. The molecule has 1 fully saturated rings. The molecule has 2 nitrogen and oxygen atoms in total. The Balaban J connectivity index is 2.20. The van der Waals surface area contributed by atoms with Crippen LogP contribution >= 0.6 is 11.6 Å². The molecule has 3 heteroatoms. The van der Waals surface area contributed by atoms with Gasteiger partial charge in [-0.1, -0.05) is 18.5 Å². The number of nitrogens with one attached hydrogen (secondary N) is 1. The highest BCUT2D eigenvalue weighted by atomic mass is 35.5. The summed E-state index contributed by atoms with van der Waals surface area (Å²) in [5, 5.41) is 13.1. The van der Waals surface area contributed by atoms with Crippen molar-refractivity contribution in [3.63, 3.8) is 0 Å². The summed E-state index contributed by atoms with van der Waals surface area (Å²) in [4.78, 5) is 0. The van der Waals surface area contributed by atoms with Gasteiger partial charge < -0.3 is 5.32 Å². The van der Waals surface area contributed by atoms with E-state index in [2.05, 4.69) is 25.2 Å². The van der Waals surface area contributed by atoms with Crippen LogP contribution in [0.15, 0.2) is 18.2 Å². The lowest BCUT2D eigenvalue weighted by Gasteiger charge is -2.22. The second kappa shape index (κ2) is 3.99. The molecule has 0 aromatic heterocycles. The maximum atomic E-state index is 9.01. The molecule has 1 unspecified atom stereocenters. The Labute approximate surface area is 101 Å². The molecule has 0 spiro atoms. The maximum absolute atomic E-state index is 9.01. The third-order valence-electron chi connectivity index (χ3n) is 3.56. The van der Waals surface area contributed by atoms with Gasteiger partial charge in [0, 0.05) is 11.1 Å². The minimum Gasteiger partial charge on any atom is -0.381 e. The Hall–Kier alpha value is -1.20. The molecule has 2 rings (SSSR count).